The van der Waals surface area contributed by atoms with Crippen molar-refractivity contribution in [3.8, 4) is 17.5 Å². The van der Waals surface area contributed by atoms with E-state index in [1.165, 1.54) is 4.57 Å². The summed E-state index contributed by atoms with van der Waals surface area (Å²) < 4.78 is 8.02. The number of aryl methyl sites for hydroxylation is 2. The lowest BCUT2D eigenvalue weighted by atomic mass is 10.2. The highest BCUT2D eigenvalue weighted by atomic mass is 32.1. The largest absolute Gasteiger partial charge is 0.490 e. The summed E-state index contributed by atoms with van der Waals surface area (Å²) in [5.74, 6) is 0.0720. The second-order valence-electron chi connectivity index (χ2n) is 8.86. The molecule has 0 saturated heterocycles. The Morgan fingerprint density at radius 3 is 2.49 bits per heavy atom. The maximum Gasteiger partial charge on any atom is 0.273 e. The Labute approximate surface area is 219 Å². The summed E-state index contributed by atoms with van der Waals surface area (Å²) in [6.07, 6.45) is 1.71. The lowest BCUT2D eigenvalue weighted by molar-refractivity contribution is -0.111. The average molecular weight is 510 g/mol. The van der Waals surface area contributed by atoms with E-state index in [1.54, 1.807) is 18.2 Å². The Balaban J connectivity index is 1.98. The van der Waals surface area contributed by atoms with Gasteiger partial charge in [-0.2, -0.15) is 5.26 Å². The van der Waals surface area contributed by atoms with Crippen molar-refractivity contribution in [1.29, 1.82) is 5.26 Å². The Hall–Kier alpha value is -4.41. The van der Waals surface area contributed by atoms with Gasteiger partial charge in [0.05, 0.1) is 16.3 Å². The van der Waals surface area contributed by atoms with E-state index in [9.17, 15) is 14.9 Å². The molecule has 0 aliphatic rings. The molecular formula is C30H27N3O3S. The number of ether oxygens (including phenoxy) is 1. The second-order valence-corrected chi connectivity index (χ2v) is 9.89. The van der Waals surface area contributed by atoms with Crippen LogP contribution in [0.2, 0.25) is 0 Å². The predicted molar refractivity (Wildman–Crippen MR) is 149 cm³/mol. The van der Waals surface area contributed by atoms with Crippen molar-refractivity contribution in [1.82, 2.24) is 4.57 Å². The number of nitriles is 1. The third kappa shape index (κ3) is 5.71. The Bertz CT molecular complexity index is 1690. The minimum atomic E-state index is -0.577. The fourth-order valence-corrected chi connectivity index (χ4v) is 4.98. The molecule has 0 radical (unpaired) electrons. The van der Waals surface area contributed by atoms with Gasteiger partial charge in [0.1, 0.15) is 16.5 Å². The summed E-state index contributed by atoms with van der Waals surface area (Å²) >= 11 is 1.11. The maximum atomic E-state index is 13.8. The third-order valence-corrected chi connectivity index (χ3v) is 6.67. The number of carbonyl (C=O) groups is 1. The van der Waals surface area contributed by atoms with E-state index < -0.39 is 5.91 Å². The van der Waals surface area contributed by atoms with Crippen molar-refractivity contribution in [3.63, 3.8) is 0 Å². The number of para-hydroxylation sites is 2. The number of thiazole rings is 1. The average Bonchev–Trinajstić information content (AvgIpc) is 3.16. The van der Waals surface area contributed by atoms with Crippen molar-refractivity contribution in [2.75, 3.05) is 5.32 Å². The van der Waals surface area contributed by atoms with Crippen LogP contribution in [0.15, 0.2) is 77.6 Å². The minimum Gasteiger partial charge on any atom is -0.490 e. The van der Waals surface area contributed by atoms with Crippen LogP contribution in [0.1, 0.15) is 30.5 Å². The highest BCUT2D eigenvalue weighted by Gasteiger charge is 2.18. The fraction of sp³-hybridized carbons (Fsp3) is 0.167. The zero-order valence-electron chi connectivity index (χ0n) is 21.1. The first-order chi connectivity index (χ1) is 17.8. The first-order valence-corrected chi connectivity index (χ1v) is 12.7. The van der Waals surface area contributed by atoms with Gasteiger partial charge >= 0.3 is 0 Å². The molecule has 3 aromatic carbocycles. The first-order valence-electron chi connectivity index (χ1n) is 11.9. The predicted octanol–water partition coefficient (Wildman–Crippen LogP) is 4.44. The van der Waals surface area contributed by atoms with Crippen LogP contribution in [-0.2, 0) is 4.79 Å². The van der Waals surface area contributed by atoms with Crippen molar-refractivity contribution >= 4 is 34.6 Å². The number of nitrogens with zero attached hydrogens (tertiary/aromatic N) is 2. The number of amides is 1. The maximum absolute atomic E-state index is 13.8. The summed E-state index contributed by atoms with van der Waals surface area (Å²) in [6.45, 7) is 7.68. The molecule has 1 N–H and O–H groups in total. The van der Waals surface area contributed by atoms with Gasteiger partial charge in [-0.05, 0) is 69.2 Å². The van der Waals surface area contributed by atoms with E-state index in [0.717, 1.165) is 28.0 Å². The number of anilines is 1. The van der Waals surface area contributed by atoms with E-state index in [-0.39, 0.29) is 21.9 Å². The molecule has 0 bridgehead atoms. The summed E-state index contributed by atoms with van der Waals surface area (Å²) in [5, 5.41) is 12.9. The van der Waals surface area contributed by atoms with Gasteiger partial charge in [-0.15, -0.1) is 11.3 Å². The van der Waals surface area contributed by atoms with Crippen LogP contribution < -0.4 is 24.8 Å². The number of nitrogens with one attached hydrogen (secondary N) is 1. The van der Waals surface area contributed by atoms with Gasteiger partial charge < -0.3 is 10.1 Å². The summed E-state index contributed by atoms with van der Waals surface area (Å²) in [7, 11) is 0. The van der Waals surface area contributed by atoms with Gasteiger partial charge in [-0.25, -0.2) is 0 Å². The molecule has 0 spiro atoms. The minimum absolute atomic E-state index is 0.0408. The zero-order valence-corrected chi connectivity index (χ0v) is 21.9. The van der Waals surface area contributed by atoms with Gasteiger partial charge in [0.25, 0.3) is 11.5 Å². The summed E-state index contributed by atoms with van der Waals surface area (Å²) in [6, 6.07) is 24.2. The summed E-state index contributed by atoms with van der Waals surface area (Å²) in [5.41, 5.74) is 3.29. The van der Waals surface area contributed by atoms with Crippen LogP contribution in [-0.4, -0.2) is 16.6 Å². The highest BCUT2D eigenvalue weighted by Crippen LogP contribution is 2.20. The molecule has 7 heteroatoms. The van der Waals surface area contributed by atoms with E-state index in [4.69, 9.17) is 4.74 Å². The standard InChI is InChI=1S/C30H27N3O3S/c1-19(2)36-26-15-8-6-12-22(26)17-27-29(35)33(25-14-7-5-11-21(25)4)30(37-27)24(18-31)28(34)32-23-13-9-10-20(3)16-23/h5-17,19H,1-4H3,(H,32,34). The summed E-state index contributed by atoms with van der Waals surface area (Å²) in [4.78, 5) is 27.0. The third-order valence-electron chi connectivity index (χ3n) is 5.58. The van der Waals surface area contributed by atoms with Gasteiger partial charge in [0, 0.05) is 11.3 Å². The molecule has 0 fully saturated rings. The van der Waals surface area contributed by atoms with Crippen LogP contribution in [0.25, 0.3) is 17.3 Å². The molecule has 0 aliphatic carbocycles. The van der Waals surface area contributed by atoms with E-state index in [2.05, 4.69) is 5.32 Å². The SMILES string of the molecule is Cc1cccc(NC(=O)C(C#N)=c2sc(=Cc3ccccc3OC(C)C)c(=O)n2-c2ccccc2C)c1. The molecule has 6 nitrogen and oxygen atoms in total. The molecular weight excluding hydrogens is 482 g/mol. The zero-order chi connectivity index (χ0) is 26.5. The van der Waals surface area contributed by atoms with Crippen molar-refractivity contribution < 1.29 is 9.53 Å². The number of hydrogen-bond donors (Lipinski definition) is 1. The van der Waals surface area contributed by atoms with Crippen LogP contribution in [0.5, 0.6) is 5.75 Å². The van der Waals surface area contributed by atoms with E-state index >= 15 is 0 Å². The molecule has 1 heterocycles. The highest BCUT2D eigenvalue weighted by molar-refractivity contribution is 7.07. The quantitative estimate of drug-likeness (QED) is 0.416. The van der Waals surface area contributed by atoms with Crippen LogP contribution in [0.4, 0.5) is 5.69 Å². The fourth-order valence-electron chi connectivity index (χ4n) is 3.90. The van der Waals surface area contributed by atoms with Gasteiger partial charge in [0.15, 0.2) is 5.57 Å². The van der Waals surface area contributed by atoms with Crippen LogP contribution in [0.3, 0.4) is 0 Å². The van der Waals surface area contributed by atoms with Crippen molar-refractivity contribution in [3.05, 3.63) is 109 Å². The lowest BCUT2D eigenvalue weighted by Crippen LogP contribution is -2.32. The van der Waals surface area contributed by atoms with Crippen LogP contribution in [0, 0.1) is 25.2 Å². The molecule has 0 unspecified atom stereocenters. The Kier molecular flexibility index (Phi) is 7.71. The Morgan fingerprint density at radius 1 is 1.05 bits per heavy atom. The van der Waals surface area contributed by atoms with E-state index in [1.807, 2.05) is 94.4 Å². The number of benzene rings is 3. The molecule has 186 valence electrons. The Morgan fingerprint density at radius 2 is 1.78 bits per heavy atom. The lowest BCUT2D eigenvalue weighted by Gasteiger charge is -2.11. The number of rotatable bonds is 6. The van der Waals surface area contributed by atoms with Gasteiger partial charge in [-0.1, -0.05) is 48.5 Å². The van der Waals surface area contributed by atoms with Crippen molar-refractivity contribution in [2.24, 2.45) is 0 Å². The smallest absolute Gasteiger partial charge is 0.273 e. The number of hydrogen-bond acceptors (Lipinski definition) is 5. The molecule has 0 aliphatic heterocycles. The molecule has 0 saturated carbocycles. The van der Waals surface area contributed by atoms with Gasteiger partial charge in [-0.3, -0.25) is 14.2 Å². The molecule has 4 aromatic rings. The molecule has 0 atom stereocenters. The van der Waals surface area contributed by atoms with Gasteiger partial charge in [0.2, 0.25) is 0 Å². The molecule has 1 amide bonds. The second kappa shape index (κ2) is 11.1. The first kappa shape index (κ1) is 25.7. The topological polar surface area (TPSA) is 84.1 Å². The monoisotopic (exact) mass is 509 g/mol. The van der Waals surface area contributed by atoms with Crippen molar-refractivity contribution in [2.45, 2.75) is 33.8 Å². The molecule has 1 aromatic heterocycles. The molecule has 4 rings (SSSR count). The van der Waals surface area contributed by atoms with Crippen LogP contribution >= 0.6 is 11.3 Å². The number of aromatic nitrogens is 1. The molecule has 37 heavy (non-hydrogen) atoms. The number of carbonyl (C=O) groups excluding carboxylic acids is 1. The van der Waals surface area contributed by atoms with E-state index in [0.29, 0.717) is 21.7 Å². The normalized spacial score (nSPS) is 12.3.